The van der Waals surface area contributed by atoms with Crippen molar-refractivity contribution in [1.82, 2.24) is 9.71 Å². The van der Waals surface area contributed by atoms with Crippen molar-refractivity contribution in [3.05, 3.63) is 29.6 Å². The van der Waals surface area contributed by atoms with Crippen LogP contribution in [0.25, 0.3) is 0 Å². The van der Waals surface area contributed by atoms with Crippen LogP contribution in [0.1, 0.15) is 50.4 Å². The number of sulfonamides is 1. The number of unbranched alkanes of at least 4 members (excludes halogenated alkanes) is 1. The maximum Gasteiger partial charge on any atom is 0.212 e. The van der Waals surface area contributed by atoms with E-state index in [1.807, 2.05) is 32.9 Å². The highest BCUT2D eigenvalue weighted by Crippen LogP contribution is 2.16. The van der Waals surface area contributed by atoms with Crippen molar-refractivity contribution in [3.63, 3.8) is 0 Å². The highest BCUT2D eigenvalue weighted by atomic mass is 32.2. The van der Waals surface area contributed by atoms with Crippen LogP contribution >= 0.6 is 0 Å². The third-order valence-electron chi connectivity index (χ3n) is 2.79. The van der Waals surface area contributed by atoms with Gasteiger partial charge in [-0.2, -0.15) is 0 Å². The van der Waals surface area contributed by atoms with E-state index in [0.29, 0.717) is 12.8 Å². The van der Waals surface area contributed by atoms with E-state index in [9.17, 15) is 8.42 Å². The van der Waals surface area contributed by atoms with E-state index in [-0.39, 0.29) is 11.8 Å². The summed E-state index contributed by atoms with van der Waals surface area (Å²) in [5.74, 6) is 0.186. The molecular weight excluding hydrogens is 248 g/mol. The molecule has 0 saturated carbocycles. The predicted octanol–water partition coefficient (Wildman–Crippen LogP) is 2.56. The van der Waals surface area contributed by atoms with E-state index in [1.165, 1.54) is 0 Å². The van der Waals surface area contributed by atoms with Gasteiger partial charge in [-0.15, -0.1) is 0 Å². The van der Waals surface area contributed by atoms with Crippen LogP contribution in [0.15, 0.2) is 18.3 Å². The van der Waals surface area contributed by atoms with E-state index < -0.39 is 10.0 Å². The van der Waals surface area contributed by atoms with Gasteiger partial charge in [0.15, 0.2) is 0 Å². The summed E-state index contributed by atoms with van der Waals surface area (Å²) in [7, 11) is -3.20. The number of rotatable bonds is 7. The molecule has 4 nitrogen and oxygen atoms in total. The first-order chi connectivity index (χ1) is 8.48. The summed E-state index contributed by atoms with van der Waals surface area (Å²) in [5.41, 5.74) is 1.85. The number of hydrogen-bond acceptors (Lipinski definition) is 3. The molecule has 1 heterocycles. The average molecular weight is 270 g/mol. The van der Waals surface area contributed by atoms with Gasteiger partial charge in [-0.05, 0) is 31.4 Å². The zero-order chi connectivity index (χ0) is 13.6. The Morgan fingerprint density at radius 2 is 2.06 bits per heavy atom. The molecule has 1 aromatic rings. The second-order valence-corrected chi connectivity index (χ2v) is 6.38. The van der Waals surface area contributed by atoms with Crippen molar-refractivity contribution in [1.29, 1.82) is 0 Å². The first-order valence-corrected chi connectivity index (χ1v) is 8.06. The second-order valence-electron chi connectivity index (χ2n) is 4.51. The summed E-state index contributed by atoms with van der Waals surface area (Å²) in [4.78, 5) is 4.29. The van der Waals surface area contributed by atoms with Crippen LogP contribution < -0.4 is 4.72 Å². The molecule has 0 spiro atoms. The third-order valence-corrected chi connectivity index (χ3v) is 4.26. The topological polar surface area (TPSA) is 59.1 Å². The van der Waals surface area contributed by atoms with Crippen LogP contribution in [0.3, 0.4) is 0 Å². The lowest BCUT2D eigenvalue weighted by molar-refractivity contribution is 0.542. The summed E-state index contributed by atoms with van der Waals surface area (Å²) in [6, 6.07) is 3.60. The van der Waals surface area contributed by atoms with Crippen LogP contribution in [-0.4, -0.2) is 19.2 Å². The Hall–Kier alpha value is -0.940. The number of pyridine rings is 1. The third kappa shape index (κ3) is 4.74. The summed E-state index contributed by atoms with van der Waals surface area (Å²) in [6.45, 7) is 5.89. The molecule has 1 N–H and O–H groups in total. The fraction of sp³-hybridized carbons (Fsp3) is 0.615. The maximum atomic E-state index is 11.9. The first kappa shape index (κ1) is 15.1. The Kier molecular flexibility index (Phi) is 5.75. The fourth-order valence-corrected chi connectivity index (χ4v) is 3.16. The Labute approximate surface area is 110 Å². The zero-order valence-electron chi connectivity index (χ0n) is 11.3. The SMILES string of the molecule is CCCCS(=O)(=O)NC(CC)c1ccc(C)cn1. The van der Waals surface area contributed by atoms with Gasteiger partial charge in [-0.25, -0.2) is 13.1 Å². The van der Waals surface area contributed by atoms with Crippen molar-refractivity contribution in [2.45, 2.75) is 46.1 Å². The summed E-state index contributed by atoms with van der Waals surface area (Å²) in [6.07, 6.45) is 4.02. The molecule has 1 unspecified atom stereocenters. The Balaban J connectivity index is 2.76. The lowest BCUT2D eigenvalue weighted by Gasteiger charge is -2.16. The Morgan fingerprint density at radius 3 is 2.56 bits per heavy atom. The molecule has 18 heavy (non-hydrogen) atoms. The molecule has 0 saturated heterocycles. The molecule has 1 atom stereocenters. The van der Waals surface area contributed by atoms with E-state index in [2.05, 4.69) is 9.71 Å². The van der Waals surface area contributed by atoms with Crippen LogP contribution in [0.4, 0.5) is 0 Å². The van der Waals surface area contributed by atoms with E-state index in [4.69, 9.17) is 0 Å². The molecular formula is C13H22N2O2S. The number of hydrogen-bond donors (Lipinski definition) is 1. The standard InChI is InChI=1S/C13H22N2O2S/c1-4-6-9-18(16,17)15-12(5-2)13-8-7-11(3)10-14-13/h7-8,10,12,15H,4-6,9H2,1-3H3. The molecule has 5 heteroatoms. The molecule has 0 fully saturated rings. The van der Waals surface area contributed by atoms with Crippen molar-refractivity contribution in [3.8, 4) is 0 Å². The smallest absolute Gasteiger partial charge is 0.212 e. The largest absolute Gasteiger partial charge is 0.259 e. The monoisotopic (exact) mass is 270 g/mol. The molecule has 0 aliphatic carbocycles. The van der Waals surface area contributed by atoms with Gasteiger partial charge in [-0.3, -0.25) is 4.98 Å². The minimum atomic E-state index is -3.20. The minimum Gasteiger partial charge on any atom is -0.259 e. The number of nitrogens with one attached hydrogen (secondary N) is 1. The molecule has 0 aromatic carbocycles. The van der Waals surface area contributed by atoms with E-state index in [1.54, 1.807) is 6.20 Å². The molecule has 0 aliphatic rings. The van der Waals surface area contributed by atoms with Gasteiger partial charge in [-0.1, -0.05) is 26.3 Å². The Morgan fingerprint density at radius 1 is 1.33 bits per heavy atom. The summed E-state index contributed by atoms with van der Waals surface area (Å²) < 4.78 is 26.4. The van der Waals surface area contributed by atoms with Gasteiger partial charge in [0.25, 0.3) is 0 Å². The first-order valence-electron chi connectivity index (χ1n) is 6.41. The van der Waals surface area contributed by atoms with E-state index in [0.717, 1.165) is 17.7 Å². The molecule has 0 bridgehead atoms. The molecule has 0 amide bonds. The normalized spacial score (nSPS) is 13.5. The summed E-state index contributed by atoms with van der Waals surface area (Å²) in [5, 5.41) is 0. The van der Waals surface area contributed by atoms with E-state index >= 15 is 0 Å². The number of aryl methyl sites for hydroxylation is 1. The average Bonchev–Trinajstić information content (AvgIpc) is 2.35. The van der Waals surface area contributed by atoms with Gasteiger partial charge in [0.2, 0.25) is 10.0 Å². The lowest BCUT2D eigenvalue weighted by Crippen LogP contribution is -2.30. The van der Waals surface area contributed by atoms with Crippen LogP contribution in [0, 0.1) is 6.92 Å². The molecule has 1 aromatic heterocycles. The van der Waals surface area contributed by atoms with Gasteiger partial charge in [0, 0.05) is 6.20 Å². The fourth-order valence-electron chi connectivity index (χ4n) is 1.65. The van der Waals surface area contributed by atoms with Crippen molar-refractivity contribution in [2.24, 2.45) is 0 Å². The maximum absolute atomic E-state index is 11.9. The highest BCUT2D eigenvalue weighted by Gasteiger charge is 2.18. The van der Waals surface area contributed by atoms with Gasteiger partial charge in [0.05, 0.1) is 17.5 Å². The van der Waals surface area contributed by atoms with Crippen molar-refractivity contribution < 1.29 is 8.42 Å². The Bertz CT molecular complexity index is 454. The molecule has 0 radical (unpaired) electrons. The summed E-state index contributed by atoms with van der Waals surface area (Å²) >= 11 is 0. The molecule has 1 rings (SSSR count). The van der Waals surface area contributed by atoms with Crippen LogP contribution in [-0.2, 0) is 10.0 Å². The lowest BCUT2D eigenvalue weighted by atomic mass is 10.1. The van der Waals surface area contributed by atoms with Gasteiger partial charge >= 0.3 is 0 Å². The molecule has 0 aliphatic heterocycles. The highest BCUT2D eigenvalue weighted by molar-refractivity contribution is 7.89. The predicted molar refractivity (Wildman–Crippen MR) is 73.8 cm³/mol. The van der Waals surface area contributed by atoms with Crippen LogP contribution in [0.2, 0.25) is 0 Å². The minimum absolute atomic E-state index is 0.186. The van der Waals surface area contributed by atoms with Crippen molar-refractivity contribution in [2.75, 3.05) is 5.75 Å². The van der Waals surface area contributed by atoms with Gasteiger partial charge in [0.1, 0.15) is 0 Å². The van der Waals surface area contributed by atoms with Crippen molar-refractivity contribution >= 4 is 10.0 Å². The zero-order valence-corrected chi connectivity index (χ0v) is 12.1. The van der Waals surface area contributed by atoms with Gasteiger partial charge < -0.3 is 0 Å². The number of aromatic nitrogens is 1. The van der Waals surface area contributed by atoms with Crippen LogP contribution in [0.5, 0.6) is 0 Å². The number of nitrogens with zero attached hydrogens (tertiary/aromatic N) is 1. The second kappa shape index (κ2) is 6.85. The quantitative estimate of drug-likeness (QED) is 0.828. The molecule has 102 valence electrons.